The number of nitrogens with zero attached hydrogens (tertiary/aromatic N) is 1. The van der Waals surface area contributed by atoms with Crippen LogP contribution in [0.5, 0.6) is 0 Å². The number of rotatable bonds is 5. The van der Waals surface area contributed by atoms with Gasteiger partial charge in [0.05, 0.1) is 6.61 Å². The number of ether oxygens (including phenoxy) is 1. The van der Waals surface area contributed by atoms with E-state index in [1.165, 1.54) is 12.8 Å². The van der Waals surface area contributed by atoms with Gasteiger partial charge in [0.1, 0.15) is 5.82 Å². The normalized spacial score (nSPS) is 15.5. The summed E-state index contributed by atoms with van der Waals surface area (Å²) in [6, 6.07) is 3.81. The molecule has 76 valence electrons. The highest BCUT2D eigenvalue weighted by atomic mass is 16.5. The van der Waals surface area contributed by atoms with Crippen molar-refractivity contribution in [3.8, 4) is 0 Å². The second-order valence-corrected chi connectivity index (χ2v) is 3.65. The van der Waals surface area contributed by atoms with Crippen LogP contribution in [-0.2, 0) is 11.3 Å². The van der Waals surface area contributed by atoms with Crippen LogP contribution in [0.2, 0.25) is 0 Å². The Bertz CT molecular complexity index is 282. The zero-order valence-corrected chi connectivity index (χ0v) is 8.07. The van der Waals surface area contributed by atoms with E-state index in [2.05, 4.69) is 10.4 Å². The number of nitrogens with two attached hydrogens (primary N) is 1. The summed E-state index contributed by atoms with van der Waals surface area (Å²) in [6.07, 6.45) is 4.44. The highest BCUT2D eigenvalue weighted by Gasteiger charge is 2.20. The minimum Gasteiger partial charge on any atom is -0.376 e. The lowest BCUT2D eigenvalue weighted by Crippen LogP contribution is -2.08. The molecule has 1 heterocycles. The quantitative estimate of drug-likeness (QED) is 0.546. The third-order valence-electron chi connectivity index (χ3n) is 2.29. The summed E-state index contributed by atoms with van der Waals surface area (Å²) in [4.78, 5) is 4.09. The van der Waals surface area contributed by atoms with E-state index in [-0.39, 0.29) is 0 Å². The minimum atomic E-state index is 0.647. The lowest BCUT2D eigenvalue weighted by atomic mass is 10.3. The van der Waals surface area contributed by atoms with Crippen molar-refractivity contribution in [3.63, 3.8) is 0 Å². The van der Waals surface area contributed by atoms with Gasteiger partial charge in [-0.05, 0) is 30.4 Å². The molecule has 0 aromatic carbocycles. The minimum absolute atomic E-state index is 0.647. The van der Waals surface area contributed by atoms with Crippen LogP contribution in [0, 0.1) is 5.92 Å². The standard InChI is InChI=1S/C10H15N3O/c11-13-10-4-3-9(5-12-10)7-14-6-8-1-2-8/h3-5,8H,1-2,6-7,11H2,(H,12,13). The van der Waals surface area contributed by atoms with Crippen molar-refractivity contribution in [2.24, 2.45) is 11.8 Å². The van der Waals surface area contributed by atoms with E-state index >= 15 is 0 Å². The van der Waals surface area contributed by atoms with Gasteiger partial charge in [0.15, 0.2) is 0 Å². The second-order valence-electron chi connectivity index (χ2n) is 3.65. The smallest absolute Gasteiger partial charge is 0.139 e. The Balaban J connectivity index is 1.77. The summed E-state index contributed by atoms with van der Waals surface area (Å²) in [5.41, 5.74) is 3.57. The van der Waals surface area contributed by atoms with Crippen LogP contribution in [-0.4, -0.2) is 11.6 Å². The van der Waals surface area contributed by atoms with Crippen LogP contribution in [0.1, 0.15) is 18.4 Å². The van der Waals surface area contributed by atoms with Crippen molar-refractivity contribution in [2.75, 3.05) is 12.0 Å². The number of hydrogen-bond acceptors (Lipinski definition) is 4. The van der Waals surface area contributed by atoms with Crippen LogP contribution in [0.3, 0.4) is 0 Å². The van der Waals surface area contributed by atoms with Crippen LogP contribution in [0.25, 0.3) is 0 Å². The Morgan fingerprint density at radius 1 is 1.50 bits per heavy atom. The Labute approximate surface area is 83.4 Å². The Kier molecular flexibility index (Phi) is 2.96. The molecule has 4 nitrogen and oxygen atoms in total. The number of nitrogens with one attached hydrogen (secondary N) is 1. The number of hydrazine groups is 1. The highest BCUT2D eigenvalue weighted by molar-refractivity contribution is 5.33. The molecule has 0 spiro atoms. The lowest BCUT2D eigenvalue weighted by molar-refractivity contribution is 0.111. The summed E-state index contributed by atoms with van der Waals surface area (Å²) in [5, 5.41) is 0. The summed E-state index contributed by atoms with van der Waals surface area (Å²) in [5.74, 6) is 6.69. The maximum Gasteiger partial charge on any atom is 0.139 e. The summed E-state index contributed by atoms with van der Waals surface area (Å²) in [6.45, 7) is 1.53. The monoisotopic (exact) mass is 193 g/mol. The Hall–Kier alpha value is -1.13. The zero-order chi connectivity index (χ0) is 9.80. The predicted molar refractivity (Wildman–Crippen MR) is 54.4 cm³/mol. The van der Waals surface area contributed by atoms with Crippen molar-refractivity contribution < 1.29 is 4.74 Å². The molecule has 0 bridgehead atoms. The van der Waals surface area contributed by atoms with Crippen molar-refractivity contribution in [2.45, 2.75) is 19.4 Å². The van der Waals surface area contributed by atoms with Gasteiger partial charge in [-0.3, -0.25) is 0 Å². The Morgan fingerprint density at radius 2 is 2.36 bits per heavy atom. The average Bonchev–Trinajstić information content (AvgIpc) is 3.03. The van der Waals surface area contributed by atoms with Crippen LogP contribution < -0.4 is 11.3 Å². The fourth-order valence-corrected chi connectivity index (χ4v) is 1.22. The van der Waals surface area contributed by atoms with Crippen LogP contribution in [0.4, 0.5) is 5.82 Å². The Morgan fingerprint density at radius 3 is 2.93 bits per heavy atom. The fourth-order valence-electron chi connectivity index (χ4n) is 1.22. The maximum absolute atomic E-state index is 5.53. The van der Waals surface area contributed by atoms with Crippen LogP contribution >= 0.6 is 0 Å². The summed E-state index contributed by atoms with van der Waals surface area (Å²) >= 11 is 0. The molecular formula is C10H15N3O. The summed E-state index contributed by atoms with van der Waals surface area (Å²) in [7, 11) is 0. The van der Waals surface area contributed by atoms with Gasteiger partial charge in [0.2, 0.25) is 0 Å². The van der Waals surface area contributed by atoms with Gasteiger partial charge in [-0.1, -0.05) is 6.07 Å². The van der Waals surface area contributed by atoms with Crippen molar-refractivity contribution in [1.29, 1.82) is 0 Å². The first-order valence-electron chi connectivity index (χ1n) is 4.88. The molecule has 1 aliphatic carbocycles. The molecule has 0 saturated heterocycles. The van der Waals surface area contributed by atoms with E-state index in [0.717, 1.165) is 18.1 Å². The molecule has 2 rings (SSSR count). The molecule has 1 aromatic rings. The molecule has 1 aliphatic rings. The van der Waals surface area contributed by atoms with Gasteiger partial charge in [-0.15, -0.1) is 0 Å². The first kappa shape index (κ1) is 9.43. The number of nitrogen functional groups attached to an aromatic ring is 1. The van der Waals surface area contributed by atoms with Crippen molar-refractivity contribution >= 4 is 5.82 Å². The summed E-state index contributed by atoms with van der Waals surface area (Å²) < 4.78 is 5.53. The molecule has 3 N–H and O–H groups in total. The number of hydrogen-bond donors (Lipinski definition) is 2. The second kappa shape index (κ2) is 4.39. The molecule has 0 amide bonds. The first-order chi connectivity index (χ1) is 6.88. The SMILES string of the molecule is NNc1ccc(COCC2CC2)cn1. The average molecular weight is 193 g/mol. The van der Waals surface area contributed by atoms with Gasteiger partial charge < -0.3 is 10.2 Å². The van der Waals surface area contributed by atoms with Crippen molar-refractivity contribution in [3.05, 3.63) is 23.9 Å². The third kappa shape index (κ3) is 2.68. The van der Waals surface area contributed by atoms with Gasteiger partial charge in [0.25, 0.3) is 0 Å². The molecule has 0 atom stereocenters. The largest absolute Gasteiger partial charge is 0.376 e. The van der Waals surface area contributed by atoms with Crippen molar-refractivity contribution in [1.82, 2.24) is 4.98 Å². The maximum atomic E-state index is 5.53. The molecule has 1 aromatic heterocycles. The number of aromatic nitrogens is 1. The molecule has 0 radical (unpaired) electrons. The molecule has 0 aliphatic heterocycles. The van der Waals surface area contributed by atoms with Gasteiger partial charge in [-0.2, -0.15) is 0 Å². The van der Waals surface area contributed by atoms with E-state index < -0.39 is 0 Å². The fraction of sp³-hybridized carbons (Fsp3) is 0.500. The van der Waals surface area contributed by atoms with Gasteiger partial charge in [0, 0.05) is 12.8 Å². The predicted octanol–water partition coefficient (Wildman–Crippen LogP) is 1.29. The van der Waals surface area contributed by atoms with Gasteiger partial charge >= 0.3 is 0 Å². The molecule has 1 fully saturated rings. The van der Waals surface area contributed by atoms with E-state index in [4.69, 9.17) is 10.6 Å². The van der Waals surface area contributed by atoms with E-state index in [0.29, 0.717) is 12.4 Å². The highest BCUT2D eigenvalue weighted by Crippen LogP contribution is 2.29. The van der Waals surface area contributed by atoms with E-state index in [1.54, 1.807) is 6.20 Å². The molecule has 0 unspecified atom stereocenters. The zero-order valence-electron chi connectivity index (χ0n) is 8.07. The number of pyridine rings is 1. The number of anilines is 1. The van der Waals surface area contributed by atoms with Gasteiger partial charge in [-0.25, -0.2) is 10.8 Å². The third-order valence-corrected chi connectivity index (χ3v) is 2.29. The molecular weight excluding hydrogens is 178 g/mol. The molecule has 1 saturated carbocycles. The van der Waals surface area contributed by atoms with E-state index in [1.807, 2.05) is 12.1 Å². The molecule has 4 heteroatoms. The first-order valence-corrected chi connectivity index (χ1v) is 4.88. The molecule has 14 heavy (non-hydrogen) atoms. The lowest BCUT2D eigenvalue weighted by Gasteiger charge is -2.03. The van der Waals surface area contributed by atoms with Crippen LogP contribution in [0.15, 0.2) is 18.3 Å². The topological polar surface area (TPSA) is 60.2 Å². The van der Waals surface area contributed by atoms with E-state index in [9.17, 15) is 0 Å².